The van der Waals surface area contributed by atoms with Crippen LogP contribution >= 0.6 is 0 Å². The molecule has 0 spiro atoms. The normalized spacial score (nSPS) is 26.1. The summed E-state index contributed by atoms with van der Waals surface area (Å²) in [5.74, 6) is 0.149. The third kappa shape index (κ3) is 1.82. The van der Waals surface area contributed by atoms with Crippen LogP contribution in [-0.2, 0) is 9.59 Å². The molecule has 1 aromatic rings. The average molecular weight is 272 g/mol. The van der Waals surface area contributed by atoms with Gasteiger partial charge in [0.05, 0.1) is 0 Å². The molecule has 0 radical (unpaired) electrons. The van der Waals surface area contributed by atoms with Gasteiger partial charge in [-0.1, -0.05) is 12.1 Å². The number of rotatable bonds is 1. The summed E-state index contributed by atoms with van der Waals surface area (Å²) in [5.41, 5.74) is 3.02. The predicted molar refractivity (Wildman–Crippen MR) is 77.6 cm³/mol. The van der Waals surface area contributed by atoms with Gasteiger partial charge in [-0.15, -0.1) is 0 Å². The summed E-state index contributed by atoms with van der Waals surface area (Å²) >= 11 is 0. The quantitative estimate of drug-likeness (QED) is 0.785. The molecule has 4 heteroatoms. The Morgan fingerprint density at radius 3 is 2.65 bits per heavy atom. The van der Waals surface area contributed by atoms with E-state index >= 15 is 0 Å². The minimum absolute atomic E-state index is 0.0725. The first-order valence-electron chi connectivity index (χ1n) is 7.21. The van der Waals surface area contributed by atoms with Gasteiger partial charge in [0, 0.05) is 12.2 Å². The highest BCUT2D eigenvalue weighted by molar-refractivity contribution is 6.08. The van der Waals surface area contributed by atoms with Gasteiger partial charge in [-0.2, -0.15) is 0 Å². The molecule has 0 bridgehead atoms. The third-order valence-corrected chi connectivity index (χ3v) is 4.43. The molecule has 2 fully saturated rings. The largest absolute Gasteiger partial charge is 0.329 e. The minimum Gasteiger partial charge on any atom is -0.329 e. The maximum atomic E-state index is 12.8. The van der Waals surface area contributed by atoms with E-state index in [1.54, 1.807) is 9.80 Å². The lowest BCUT2D eigenvalue weighted by Crippen LogP contribution is -2.62. The molecule has 2 atom stereocenters. The van der Waals surface area contributed by atoms with Crippen molar-refractivity contribution in [1.82, 2.24) is 4.90 Å². The number of hydrogen-bond donors (Lipinski definition) is 0. The van der Waals surface area contributed by atoms with E-state index in [0.717, 1.165) is 36.2 Å². The molecule has 0 aliphatic carbocycles. The predicted octanol–water partition coefficient (Wildman–Crippen LogP) is 2.03. The van der Waals surface area contributed by atoms with E-state index in [-0.39, 0.29) is 17.9 Å². The van der Waals surface area contributed by atoms with Crippen molar-refractivity contribution >= 4 is 17.5 Å². The highest BCUT2D eigenvalue weighted by Crippen LogP contribution is 2.32. The Bertz CT molecular complexity index is 582. The van der Waals surface area contributed by atoms with Crippen molar-refractivity contribution in [3.05, 3.63) is 29.3 Å². The van der Waals surface area contributed by atoms with Crippen molar-refractivity contribution in [3.8, 4) is 0 Å². The van der Waals surface area contributed by atoms with Crippen LogP contribution < -0.4 is 4.90 Å². The van der Waals surface area contributed by atoms with Crippen LogP contribution in [0.15, 0.2) is 18.2 Å². The maximum absolute atomic E-state index is 12.8. The number of carbonyl (C=O) groups is 2. The third-order valence-electron chi connectivity index (χ3n) is 4.43. The molecular formula is C16H20N2O2. The standard InChI is InChI=1S/C16H20N2O2/c1-10-6-7-11(2)14(9-10)18-12(3)15(19)17-8-4-5-13(17)16(18)20/h6-7,9,12-13H,4-5,8H2,1-3H3. The lowest BCUT2D eigenvalue weighted by molar-refractivity contribution is -0.143. The zero-order valence-electron chi connectivity index (χ0n) is 12.2. The number of aryl methyl sites for hydroxylation is 2. The molecule has 2 amide bonds. The van der Waals surface area contributed by atoms with E-state index in [1.165, 1.54) is 0 Å². The van der Waals surface area contributed by atoms with Crippen LogP contribution in [0, 0.1) is 13.8 Å². The second-order valence-electron chi connectivity index (χ2n) is 5.86. The Labute approximate surface area is 119 Å². The smallest absolute Gasteiger partial charge is 0.250 e. The van der Waals surface area contributed by atoms with Crippen molar-refractivity contribution in [2.24, 2.45) is 0 Å². The van der Waals surface area contributed by atoms with Crippen LogP contribution in [0.25, 0.3) is 0 Å². The fraction of sp³-hybridized carbons (Fsp3) is 0.500. The second kappa shape index (κ2) is 4.62. The lowest BCUT2D eigenvalue weighted by Gasteiger charge is -2.41. The van der Waals surface area contributed by atoms with Crippen LogP contribution in [0.4, 0.5) is 5.69 Å². The number of piperazine rings is 1. The van der Waals surface area contributed by atoms with E-state index < -0.39 is 6.04 Å². The fourth-order valence-electron chi connectivity index (χ4n) is 3.30. The van der Waals surface area contributed by atoms with Crippen molar-refractivity contribution in [2.75, 3.05) is 11.4 Å². The van der Waals surface area contributed by atoms with Crippen molar-refractivity contribution in [1.29, 1.82) is 0 Å². The first-order chi connectivity index (χ1) is 9.50. The number of amides is 2. The summed E-state index contributed by atoms with van der Waals surface area (Å²) < 4.78 is 0. The number of carbonyl (C=O) groups excluding carboxylic acids is 2. The molecule has 1 aromatic carbocycles. The highest BCUT2D eigenvalue weighted by Gasteiger charge is 2.46. The lowest BCUT2D eigenvalue weighted by atomic mass is 10.0. The molecule has 2 aliphatic rings. The van der Waals surface area contributed by atoms with E-state index in [0.29, 0.717) is 0 Å². The second-order valence-corrected chi connectivity index (χ2v) is 5.86. The monoisotopic (exact) mass is 272 g/mol. The van der Waals surface area contributed by atoms with Crippen LogP contribution in [0.2, 0.25) is 0 Å². The number of hydrogen-bond acceptors (Lipinski definition) is 2. The van der Waals surface area contributed by atoms with Crippen LogP contribution in [-0.4, -0.2) is 35.3 Å². The van der Waals surface area contributed by atoms with Gasteiger partial charge in [0.15, 0.2) is 0 Å². The van der Waals surface area contributed by atoms with E-state index in [9.17, 15) is 9.59 Å². The van der Waals surface area contributed by atoms with E-state index in [1.807, 2.05) is 39.0 Å². The SMILES string of the molecule is Cc1ccc(C)c(N2C(=O)C3CCCN3C(=O)C2C)c1. The summed E-state index contributed by atoms with van der Waals surface area (Å²) in [6.07, 6.45) is 1.72. The fourth-order valence-corrected chi connectivity index (χ4v) is 3.30. The molecule has 2 aliphatic heterocycles. The summed E-state index contributed by atoms with van der Waals surface area (Å²) in [7, 11) is 0. The Morgan fingerprint density at radius 2 is 1.90 bits per heavy atom. The van der Waals surface area contributed by atoms with Crippen molar-refractivity contribution in [2.45, 2.75) is 45.7 Å². The summed E-state index contributed by atoms with van der Waals surface area (Å²) in [5, 5.41) is 0. The van der Waals surface area contributed by atoms with Gasteiger partial charge >= 0.3 is 0 Å². The van der Waals surface area contributed by atoms with Gasteiger partial charge in [0.1, 0.15) is 12.1 Å². The van der Waals surface area contributed by atoms with Gasteiger partial charge in [-0.3, -0.25) is 14.5 Å². The zero-order valence-corrected chi connectivity index (χ0v) is 12.2. The molecule has 20 heavy (non-hydrogen) atoms. The van der Waals surface area contributed by atoms with Gasteiger partial charge in [0.25, 0.3) is 5.91 Å². The first kappa shape index (κ1) is 13.2. The minimum atomic E-state index is -0.405. The molecule has 2 heterocycles. The Kier molecular flexibility index (Phi) is 3.04. The van der Waals surface area contributed by atoms with Gasteiger partial charge < -0.3 is 4.90 Å². The average Bonchev–Trinajstić information content (AvgIpc) is 2.90. The number of fused-ring (bicyclic) bond motifs is 1. The maximum Gasteiger partial charge on any atom is 0.250 e. The Morgan fingerprint density at radius 1 is 1.15 bits per heavy atom. The number of nitrogens with zero attached hydrogens (tertiary/aromatic N) is 2. The molecule has 2 saturated heterocycles. The van der Waals surface area contributed by atoms with E-state index in [2.05, 4.69) is 0 Å². The Balaban J connectivity index is 2.05. The molecule has 4 nitrogen and oxygen atoms in total. The molecule has 0 N–H and O–H groups in total. The van der Waals surface area contributed by atoms with Crippen molar-refractivity contribution < 1.29 is 9.59 Å². The molecule has 0 saturated carbocycles. The molecule has 106 valence electrons. The topological polar surface area (TPSA) is 40.6 Å². The number of anilines is 1. The van der Waals surface area contributed by atoms with Crippen LogP contribution in [0.3, 0.4) is 0 Å². The molecule has 3 rings (SSSR count). The number of benzene rings is 1. The molecule has 0 aromatic heterocycles. The summed E-state index contributed by atoms with van der Waals surface area (Å²) in [6.45, 7) is 6.54. The van der Waals surface area contributed by atoms with Crippen LogP contribution in [0.5, 0.6) is 0 Å². The van der Waals surface area contributed by atoms with Gasteiger partial charge in [-0.25, -0.2) is 0 Å². The summed E-state index contributed by atoms with van der Waals surface area (Å²) in [6, 6.07) is 5.38. The van der Waals surface area contributed by atoms with Crippen molar-refractivity contribution in [3.63, 3.8) is 0 Å². The summed E-state index contributed by atoms with van der Waals surface area (Å²) in [4.78, 5) is 28.7. The van der Waals surface area contributed by atoms with E-state index in [4.69, 9.17) is 0 Å². The van der Waals surface area contributed by atoms with Gasteiger partial charge in [-0.05, 0) is 50.8 Å². The van der Waals surface area contributed by atoms with Crippen LogP contribution in [0.1, 0.15) is 30.9 Å². The molecular weight excluding hydrogens is 252 g/mol. The first-order valence-corrected chi connectivity index (χ1v) is 7.21. The molecule has 2 unspecified atom stereocenters. The van der Waals surface area contributed by atoms with Gasteiger partial charge in [0.2, 0.25) is 5.91 Å². The Hall–Kier alpha value is -1.84. The highest BCUT2D eigenvalue weighted by atomic mass is 16.2. The zero-order chi connectivity index (χ0) is 14.4.